The van der Waals surface area contributed by atoms with Crippen LogP contribution < -0.4 is 5.73 Å². The number of benzene rings is 1. The average Bonchev–Trinajstić information content (AvgIpc) is 2.25. The van der Waals surface area contributed by atoms with Crippen molar-refractivity contribution in [2.45, 2.75) is 5.88 Å². The lowest BCUT2D eigenvalue weighted by molar-refractivity contribution is -0.113. The van der Waals surface area contributed by atoms with Gasteiger partial charge in [0.15, 0.2) is 0 Å². The van der Waals surface area contributed by atoms with Gasteiger partial charge in [0.05, 0.1) is 0 Å². The number of hydrogen-bond acceptors (Lipinski definition) is 1. The summed E-state index contributed by atoms with van der Waals surface area (Å²) in [4.78, 5) is 10.4. The molecule has 0 saturated carbocycles. The predicted molar refractivity (Wildman–Crippen MR) is 63.4 cm³/mol. The van der Waals surface area contributed by atoms with Gasteiger partial charge in [-0.2, -0.15) is 0 Å². The molecule has 0 fully saturated rings. The van der Waals surface area contributed by atoms with Gasteiger partial charge in [-0.05, 0) is 11.1 Å². The first kappa shape index (κ1) is 11.5. The molecule has 0 saturated heterocycles. The third kappa shape index (κ3) is 4.47. The van der Waals surface area contributed by atoms with Crippen molar-refractivity contribution in [2.24, 2.45) is 5.73 Å². The number of primary amides is 1. The summed E-state index contributed by atoms with van der Waals surface area (Å²) in [5, 5.41) is 0. The van der Waals surface area contributed by atoms with Crippen LogP contribution in [0.3, 0.4) is 0 Å². The fourth-order valence-corrected chi connectivity index (χ4v) is 1.21. The number of halogens is 1. The van der Waals surface area contributed by atoms with Gasteiger partial charge in [0.1, 0.15) is 0 Å². The Kier molecular flexibility index (Phi) is 4.64. The third-order valence-electron chi connectivity index (χ3n) is 1.79. The van der Waals surface area contributed by atoms with E-state index in [9.17, 15) is 4.79 Å². The zero-order chi connectivity index (χ0) is 11.1. The van der Waals surface area contributed by atoms with Crippen molar-refractivity contribution < 1.29 is 4.79 Å². The monoisotopic (exact) mass is 221 g/mol. The number of alkyl halides is 1. The average molecular weight is 222 g/mol. The van der Waals surface area contributed by atoms with Gasteiger partial charge in [0.25, 0.3) is 0 Å². The molecule has 1 aromatic carbocycles. The van der Waals surface area contributed by atoms with E-state index in [0.29, 0.717) is 5.88 Å². The lowest BCUT2D eigenvalue weighted by Crippen LogP contribution is -2.04. The minimum absolute atomic E-state index is 0.447. The summed E-state index contributed by atoms with van der Waals surface area (Å²) in [6.07, 6.45) is 6.57. The van der Waals surface area contributed by atoms with E-state index in [0.717, 1.165) is 11.1 Å². The zero-order valence-corrected chi connectivity index (χ0v) is 8.95. The largest absolute Gasteiger partial charge is 0.366 e. The number of allylic oxidation sites excluding steroid dienone is 2. The summed E-state index contributed by atoms with van der Waals surface area (Å²) in [5.74, 6) is 0.0723. The number of amides is 1. The van der Waals surface area contributed by atoms with E-state index in [1.807, 2.05) is 30.3 Å². The van der Waals surface area contributed by atoms with Gasteiger partial charge in [-0.25, -0.2) is 0 Å². The van der Waals surface area contributed by atoms with Gasteiger partial charge < -0.3 is 5.73 Å². The molecule has 1 amide bonds. The highest BCUT2D eigenvalue weighted by Gasteiger charge is 1.88. The normalized spacial score (nSPS) is 11.3. The van der Waals surface area contributed by atoms with Crippen molar-refractivity contribution in [3.05, 3.63) is 53.6 Å². The maximum atomic E-state index is 10.4. The topological polar surface area (TPSA) is 43.1 Å². The number of nitrogens with two attached hydrogens (primary N) is 1. The first-order chi connectivity index (χ1) is 7.22. The van der Waals surface area contributed by atoms with Gasteiger partial charge >= 0.3 is 0 Å². The van der Waals surface area contributed by atoms with Gasteiger partial charge in [-0.3, -0.25) is 4.79 Å². The molecular formula is C12H12ClNO. The Morgan fingerprint density at radius 1 is 1.27 bits per heavy atom. The molecule has 78 valence electrons. The molecule has 0 aliphatic carbocycles. The molecule has 2 nitrogen and oxygen atoms in total. The SMILES string of the molecule is NC(=O)C=CC=Cc1ccc(CCl)cc1. The van der Waals surface area contributed by atoms with E-state index >= 15 is 0 Å². The number of rotatable bonds is 4. The molecule has 0 atom stereocenters. The Bertz CT molecular complexity index is 379. The van der Waals surface area contributed by atoms with Crippen molar-refractivity contribution >= 4 is 23.6 Å². The minimum Gasteiger partial charge on any atom is -0.366 e. The molecule has 1 rings (SSSR count). The molecule has 15 heavy (non-hydrogen) atoms. The first-order valence-electron chi connectivity index (χ1n) is 4.51. The lowest BCUT2D eigenvalue weighted by atomic mass is 10.1. The quantitative estimate of drug-likeness (QED) is 0.474. The Labute approximate surface area is 94.0 Å². The zero-order valence-electron chi connectivity index (χ0n) is 8.19. The maximum absolute atomic E-state index is 10.4. The molecule has 0 radical (unpaired) electrons. The van der Waals surface area contributed by atoms with Gasteiger partial charge in [0, 0.05) is 12.0 Å². The molecule has 0 aliphatic heterocycles. The van der Waals surface area contributed by atoms with Crippen LogP contribution >= 0.6 is 11.6 Å². The second kappa shape index (κ2) is 6.04. The van der Waals surface area contributed by atoms with Crippen molar-refractivity contribution in [1.29, 1.82) is 0 Å². The maximum Gasteiger partial charge on any atom is 0.241 e. The van der Waals surface area contributed by atoms with E-state index in [1.54, 1.807) is 12.2 Å². The van der Waals surface area contributed by atoms with E-state index in [1.165, 1.54) is 6.08 Å². The summed E-state index contributed by atoms with van der Waals surface area (Å²) >= 11 is 5.66. The van der Waals surface area contributed by atoms with Crippen LogP contribution in [0.2, 0.25) is 0 Å². The van der Waals surface area contributed by atoms with Crippen molar-refractivity contribution in [1.82, 2.24) is 0 Å². The number of carbonyl (C=O) groups is 1. The van der Waals surface area contributed by atoms with Crippen LogP contribution in [-0.4, -0.2) is 5.91 Å². The summed E-state index contributed by atoms with van der Waals surface area (Å²) in [5.41, 5.74) is 7.07. The summed E-state index contributed by atoms with van der Waals surface area (Å²) in [6.45, 7) is 0. The summed E-state index contributed by atoms with van der Waals surface area (Å²) in [6, 6.07) is 7.85. The fraction of sp³-hybridized carbons (Fsp3) is 0.0833. The number of hydrogen-bond donors (Lipinski definition) is 1. The highest BCUT2D eigenvalue weighted by Crippen LogP contribution is 2.08. The molecule has 3 heteroatoms. The second-order valence-electron chi connectivity index (χ2n) is 3.00. The van der Waals surface area contributed by atoms with Crippen LogP contribution in [0.25, 0.3) is 6.08 Å². The van der Waals surface area contributed by atoms with Crippen molar-refractivity contribution in [3.63, 3.8) is 0 Å². The van der Waals surface area contributed by atoms with Crippen LogP contribution in [0.15, 0.2) is 42.5 Å². The Balaban J connectivity index is 2.61. The molecule has 0 unspecified atom stereocenters. The van der Waals surface area contributed by atoms with Gasteiger partial charge in [0.2, 0.25) is 5.91 Å². The van der Waals surface area contributed by atoms with E-state index < -0.39 is 5.91 Å². The highest BCUT2D eigenvalue weighted by atomic mass is 35.5. The van der Waals surface area contributed by atoms with Gasteiger partial charge in [-0.15, -0.1) is 11.6 Å². The van der Waals surface area contributed by atoms with Crippen LogP contribution in [0.1, 0.15) is 11.1 Å². The molecule has 0 bridgehead atoms. The van der Waals surface area contributed by atoms with Crippen LogP contribution in [0.4, 0.5) is 0 Å². The molecule has 1 aromatic rings. The molecular weight excluding hydrogens is 210 g/mol. The fourth-order valence-electron chi connectivity index (χ4n) is 1.03. The standard InChI is InChI=1S/C12H12ClNO/c13-9-11-7-5-10(6-8-11)3-1-2-4-12(14)15/h1-8H,9H2,(H2,14,15). The Morgan fingerprint density at radius 2 is 1.93 bits per heavy atom. The predicted octanol–water partition coefficient (Wildman–Crippen LogP) is 2.48. The second-order valence-corrected chi connectivity index (χ2v) is 3.26. The lowest BCUT2D eigenvalue weighted by Gasteiger charge is -1.95. The first-order valence-corrected chi connectivity index (χ1v) is 5.05. The van der Waals surface area contributed by atoms with Gasteiger partial charge in [-0.1, -0.05) is 42.5 Å². The van der Waals surface area contributed by atoms with Crippen LogP contribution in [0.5, 0.6) is 0 Å². The smallest absolute Gasteiger partial charge is 0.241 e. The molecule has 0 spiro atoms. The summed E-state index contributed by atoms with van der Waals surface area (Å²) in [7, 11) is 0. The van der Waals surface area contributed by atoms with Crippen LogP contribution in [0, 0.1) is 0 Å². The van der Waals surface area contributed by atoms with Crippen molar-refractivity contribution in [3.8, 4) is 0 Å². The molecule has 0 aromatic heterocycles. The molecule has 0 heterocycles. The van der Waals surface area contributed by atoms with E-state index in [-0.39, 0.29) is 0 Å². The van der Waals surface area contributed by atoms with Crippen LogP contribution in [-0.2, 0) is 10.7 Å². The Morgan fingerprint density at radius 3 is 2.47 bits per heavy atom. The summed E-state index contributed by atoms with van der Waals surface area (Å²) < 4.78 is 0. The molecule has 2 N–H and O–H groups in total. The minimum atomic E-state index is -0.447. The van der Waals surface area contributed by atoms with E-state index in [2.05, 4.69) is 0 Å². The van der Waals surface area contributed by atoms with E-state index in [4.69, 9.17) is 17.3 Å². The van der Waals surface area contributed by atoms with Crippen molar-refractivity contribution in [2.75, 3.05) is 0 Å². The highest BCUT2D eigenvalue weighted by molar-refractivity contribution is 6.17. The third-order valence-corrected chi connectivity index (χ3v) is 2.10. The number of carbonyl (C=O) groups excluding carboxylic acids is 1. The molecule has 0 aliphatic rings. The Hall–Kier alpha value is -1.54.